The van der Waals surface area contributed by atoms with Crippen LogP contribution in [-0.2, 0) is 9.53 Å². The van der Waals surface area contributed by atoms with Gasteiger partial charge >= 0.3 is 5.97 Å². The van der Waals surface area contributed by atoms with Gasteiger partial charge in [0.1, 0.15) is 11.2 Å². The van der Waals surface area contributed by atoms with Gasteiger partial charge in [0.05, 0.1) is 17.7 Å². The lowest BCUT2D eigenvalue weighted by Gasteiger charge is -2.33. The zero-order chi connectivity index (χ0) is 16.7. The number of hydrogen-bond acceptors (Lipinski definition) is 7. The van der Waals surface area contributed by atoms with Gasteiger partial charge < -0.3 is 14.7 Å². The van der Waals surface area contributed by atoms with Gasteiger partial charge in [-0.3, -0.25) is 9.59 Å². The molecule has 0 aliphatic carbocycles. The van der Waals surface area contributed by atoms with E-state index < -0.39 is 11.4 Å². The Hall–Kier alpha value is -2.33. The van der Waals surface area contributed by atoms with Crippen LogP contribution >= 0.6 is 11.3 Å². The first-order chi connectivity index (χ1) is 11.6. The normalized spacial score (nSPS) is 26.3. The Balaban J connectivity index is 1.63. The number of carbonyl (C=O) groups is 2. The third kappa shape index (κ3) is 2.21. The van der Waals surface area contributed by atoms with Crippen molar-refractivity contribution in [3.63, 3.8) is 0 Å². The van der Waals surface area contributed by atoms with Crippen molar-refractivity contribution in [2.75, 3.05) is 26.3 Å². The van der Waals surface area contributed by atoms with Crippen molar-refractivity contribution < 1.29 is 19.4 Å². The molecule has 0 bridgehead atoms. The molecule has 2 saturated heterocycles. The first-order valence-electron chi connectivity index (χ1n) is 7.53. The van der Waals surface area contributed by atoms with Crippen molar-refractivity contribution in [3.8, 4) is 5.69 Å². The predicted molar refractivity (Wildman–Crippen MR) is 81.9 cm³/mol. The van der Waals surface area contributed by atoms with Crippen LogP contribution in [0.15, 0.2) is 17.8 Å². The number of aliphatic carboxylic acids is 1. The Morgan fingerprint density at radius 1 is 1.46 bits per heavy atom. The van der Waals surface area contributed by atoms with Gasteiger partial charge in [0.25, 0.3) is 5.91 Å². The van der Waals surface area contributed by atoms with E-state index in [1.807, 2.05) is 0 Å². The highest BCUT2D eigenvalue weighted by molar-refractivity contribution is 7.12. The third-order valence-corrected chi connectivity index (χ3v) is 5.75. The zero-order valence-electron chi connectivity index (χ0n) is 12.7. The summed E-state index contributed by atoms with van der Waals surface area (Å²) in [5, 5.41) is 22.5. The van der Waals surface area contributed by atoms with Crippen LogP contribution in [-0.4, -0.2) is 68.4 Å². The SMILES string of the molecule is O=C(c1sccc1-n1cnnn1)N1C[C@H]2COCC[C@@]2(C(=O)O)C1. The topological polar surface area (TPSA) is 110 Å². The van der Waals surface area contributed by atoms with Gasteiger partial charge in [0.2, 0.25) is 0 Å². The maximum atomic E-state index is 13.0. The van der Waals surface area contributed by atoms with Crippen LogP contribution in [0.25, 0.3) is 5.69 Å². The molecule has 4 rings (SSSR count). The van der Waals surface area contributed by atoms with E-state index in [2.05, 4.69) is 15.5 Å². The second-order valence-electron chi connectivity index (χ2n) is 6.06. The summed E-state index contributed by atoms with van der Waals surface area (Å²) in [6, 6.07) is 1.77. The molecule has 10 heteroatoms. The van der Waals surface area contributed by atoms with E-state index in [9.17, 15) is 14.7 Å². The lowest BCUT2D eigenvalue weighted by Crippen LogP contribution is -2.45. The number of ether oxygens (including phenoxy) is 1. The number of likely N-dealkylation sites (tertiary alicyclic amines) is 1. The number of fused-ring (bicyclic) bond motifs is 1. The second-order valence-corrected chi connectivity index (χ2v) is 6.97. The number of carboxylic acids is 1. The molecule has 0 spiro atoms. The number of rotatable bonds is 3. The summed E-state index contributed by atoms with van der Waals surface area (Å²) in [4.78, 5) is 26.9. The highest BCUT2D eigenvalue weighted by atomic mass is 32.1. The lowest BCUT2D eigenvalue weighted by molar-refractivity contribution is -0.157. The summed E-state index contributed by atoms with van der Waals surface area (Å²) in [6.07, 6.45) is 1.86. The molecule has 24 heavy (non-hydrogen) atoms. The van der Waals surface area contributed by atoms with E-state index in [1.54, 1.807) is 16.3 Å². The van der Waals surface area contributed by atoms with Crippen LogP contribution in [0.5, 0.6) is 0 Å². The molecule has 0 saturated carbocycles. The second kappa shape index (κ2) is 5.64. The van der Waals surface area contributed by atoms with Crippen molar-refractivity contribution >= 4 is 23.2 Å². The molecule has 0 unspecified atom stereocenters. The number of nitrogens with zero attached hydrogens (tertiary/aromatic N) is 5. The van der Waals surface area contributed by atoms with E-state index in [0.29, 0.717) is 36.7 Å². The average molecular weight is 349 g/mol. The van der Waals surface area contributed by atoms with E-state index in [-0.39, 0.29) is 18.4 Å². The summed E-state index contributed by atoms with van der Waals surface area (Å²) in [6.45, 7) is 1.39. The van der Waals surface area contributed by atoms with Crippen molar-refractivity contribution in [3.05, 3.63) is 22.7 Å². The molecule has 2 atom stereocenters. The van der Waals surface area contributed by atoms with E-state index in [0.717, 1.165) is 0 Å². The van der Waals surface area contributed by atoms with Crippen molar-refractivity contribution in [2.45, 2.75) is 6.42 Å². The van der Waals surface area contributed by atoms with Crippen LogP contribution in [0.4, 0.5) is 0 Å². The minimum absolute atomic E-state index is 0.177. The van der Waals surface area contributed by atoms with Crippen LogP contribution < -0.4 is 0 Å². The molecule has 4 heterocycles. The molecule has 2 aromatic rings. The molecular formula is C14H15N5O4S. The third-order valence-electron chi connectivity index (χ3n) is 4.85. The largest absolute Gasteiger partial charge is 0.481 e. The highest BCUT2D eigenvalue weighted by Gasteiger charge is 2.55. The van der Waals surface area contributed by atoms with Gasteiger partial charge in [-0.15, -0.1) is 16.4 Å². The number of carbonyl (C=O) groups excluding carboxylic acids is 1. The fourth-order valence-corrected chi connectivity index (χ4v) is 4.36. The Labute approximate surface area is 140 Å². The number of carboxylic acid groups (broad SMARTS) is 1. The smallest absolute Gasteiger partial charge is 0.311 e. The predicted octanol–water partition coefficient (Wildman–Crippen LogP) is 0.287. The Morgan fingerprint density at radius 3 is 3.04 bits per heavy atom. The van der Waals surface area contributed by atoms with E-state index >= 15 is 0 Å². The zero-order valence-corrected chi connectivity index (χ0v) is 13.5. The maximum absolute atomic E-state index is 13.0. The molecule has 2 aliphatic rings. The van der Waals surface area contributed by atoms with Crippen molar-refractivity contribution in [2.24, 2.45) is 11.3 Å². The minimum atomic E-state index is -0.903. The van der Waals surface area contributed by atoms with Crippen LogP contribution in [0, 0.1) is 11.3 Å². The molecule has 1 amide bonds. The molecule has 2 fully saturated rings. The summed E-state index contributed by atoms with van der Waals surface area (Å²) in [7, 11) is 0. The number of amides is 1. The molecule has 126 valence electrons. The first-order valence-corrected chi connectivity index (χ1v) is 8.41. The molecule has 0 aromatic carbocycles. The van der Waals surface area contributed by atoms with E-state index in [1.165, 1.54) is 22.3 Å². The van der Waals surface area contributed by atoms with Crippen molar-refractivity contribution in [1.29, 1.82) is 0 Å². The minimum Gasteiger partial charge on any atom is -0.481 e. The average Bonchev–Trinajstić information content (AvgIpc) is 3.30. The fraction of sp³-hybridized carbons (Fsp3) is 0.500. The fourth-order valence-electron chi connectivity index (χ4n) is 3.51. The Bertz CT molecular complexity index is 776. The molecule has 2 aliphatic heterocycles. The van der Waals surface area contributed by atoms with Gasteiger partial charge in [0, 0.05) is 25.6 Å². The molecular weight excluding hydrogens is 334 g/mol. The molecule has 2 aromatic heterocycles. The van der Waals surface area contributed by atoms with Crippen molar-refractivity contribution in [1.82, 2.24) is 25.1 Å². The number of thiophene rings is 1. The Kier molecular flexibility index (Phi) is 3.57. The van der Waals surface area contributed by atoms with Gasteiger partial charge in [-0.25, -0.2) is 0 Å². The van der Waals surface area contributed by atoms with Crippen LogP contribution in [0.1, 0.15) is 16.1 Å². The summed E-state index contributed by atoms with van der Waals surface area (Å²) >= 11 is 1.30. The van der Waals surface area contributed by atoms with Crippen LogP contribution in [0.3, 0.4) is 0 Å². The van der Waals surface area contributed by atoms with Gasteiger partial charge in [-0.1, -0.05) is 0 Å². The van der Waals surface area contributed by atoms with Gasteiger partial charge in [0.15, 0.2) is 0 Å². The summed E-state index contributed by atoms with van der Waals surface area (Å²) in [5.41, 5.74) is -0.300. The van der Waals surface area contributed by atoms with Crippen LogP contribution in [0.2, 0.25) is 0 Å². The molecule has 0 radical (unpaired) electrons. The number of tetrazole rings is 1. The van der Waals surface area contributed by atoms with Gasteiger partial charge in [-0.05, 0) is 28.3 Å². The monoisotopic (exact) mass is 349 g/mol. The number of hydrogen-bond donors (Lipinski definition) is 1. The molecule has 1 N–H and O–H groups in total. The Morgan fingerprint density at radius 2 is 2.33 bits per heavy atom. The quantitative estimate of drug-likeness (QED) is 0.848. The maximum Gasteiger partial charge on any atom is 0.311 e. The summed E-state index contributed by atoms with van der Waals surface area (Å²) < 4.78 is 6.86. The lowest BCUT2D eigenvalue weighted by atomic mass is 9.74. The number of aromatic nitrogens is 4. The molecule has 9 nitrogen and oxygen atoms in total. The highest BCUT2D eigenvalue weighted by Crippen LogP contribution is 2.43. The summed E-state index contributed by atoms with van der Waals surface area (Å²) in [5.74, 6) is -1.22. The van der Waals surface area contributed by atoms with Gasteiger partial charge in [-0.2, -0.15) is 4.68 Å². The first kappa shape index (κ1) is 15.2. The standard InChI is InChI=1S/C14H15N5O4S/c20-12(11-10(1-4-24-11)19-8-15-16-17-19)18-5-9-6-23-3-2-14(9,7-18)13(21)22/h1,4,8-9H,2-3,5-7H2,(H,21,22)/t9-,14+/m0/s1. The van der Waals surface area contributed by atoms with E-state index in [4.69, 9.17) is 4.74 Å².